The van der Waals surface area contributed by atoms with Crippen LogP contribution in [0, 0.1) is 11.6 Å². The summed E-state index contributed by atoms with van der Waals surface area (Å²) in [4.78, 5) is 33.9. The first-order chi connectivity index (χ1) is 15.0. The fourth-order valence-electron chi connectivity index (χ4n) is 3.83. The van der Waals surface area contributed by atoms with E-state index in [0.29, 0.717) is 38.3 Å². The van der Waals surface area contributed by atoms with E-state index in [9.17, 15) is 18.4 Å². The first-order valence-electron chi connectivity index (χ1n) is 10.3. The predicted molar refractivity (Wildman–Crippen MR) is 110 cm³/mol. The van der Waals surface area contributed by atoms with E-state index < -0.39 is 17.7 Å². The lowest BCUT2D eigenvalue weighted by atomic mass is 10.0. The molecule has 2 heterocycles. The molecule has 2 aromatic carbocycles. The van der Waals surface area contributed by atoms with Crippen LogP contribution in [0.25, 0.3) is 0 Å². The number of hydrogen-bond donors (Lipinski definition) is 0. The van der Waals surface area contributed by atoms with Gasteiger partial charge in [0, 0.05) is 44.2 Å². The fourth-order valence-corrected chi connectivity index (χ4v) is 3.83. The maximum atomic E-state index is 13.9. The topological polar surface area (TPSA) is 62.2 Å². The second-order valence-electron chi connectivity index (χ2n) is 7.72. The van der Waals surface area contributed by atoms with Crippen LogP contribution in [0.2, 0.25) is 0 Å². The van der Waals surface area contributed by atoms with Gasteiger partial charge in [-0.1, -0.05) is 35.5 Å². The molecule has 1 fully saturated rings. The van der Waals surface area contributed by atoms with E-state index in [4.69, 9.17) is 4.84 Å². The first-order valence-corrected chi connectivity index (χ1v) is 10.3. The number of nitrogens with zero attached hydrogens (tertiary/aromatic N) is 3. The van der Waals surface area contributed by atoms with E-state index in [-0.39, 0.29) is 30.2 Å². The molecule has 0 aromatic heterocycles. The summed E-state index contributed by atoms with van der Waals surface area (Å²) < 4.78 is 27.0. The molecule has 0 saturated carbocycles. The van der Waals surface area contributed by atoms with Crippen molar-refractivity contribution < 1.29 is 23.2 Å². The molecule has 0 bridgehead atoms. The van der Waals surface area contributed by atoms with Crippen molar-refractivity contribution in [2.24, 2.45) is 5.16 Å². The largest absolute Gasteiger partial charge is 0.391 e. The van der Waals surface area contributed by atoms with Gasteiger partial charge >= 0.3 is 0 Å². The van der Waals surface area contributed by atoms with Crippen LogP contribution in [-0.2, 0) is 20.8 Å². The molecule has 2 amide bonds. The van der Waals surface area contributed by atoms with Crippen LogP contribution in [0.4, 0.5) is 8.78 Å². The van der Waals surface area contributed by atoms with Crippen molar-refractivity contribution in [1.82, 2.24) is 9.80 Å². The third kappa shape index (κ3) is 5.07. The molecule has 0 aliphatic carbocycles. The Hall–Kier alpha value is -3.29. The summed E-state index contributed by atoms with van der Waals surface area (Å²) in [6, 6.07) is 12.9. The first kappa shape index (κ1) is 21.0. The van der Waals surface area contributed by atoms with Crippen LogP contribution >= 0.6 is 0 Å². The van der Waals surface area contributed by atoms with Crippen molar-refractivity contribution in [2.45, 2.75) is 25.4 Å². The lowest BCUT2D eigenvalue weighted by Crippen LogP contribution is -2.51. The highest BCUT2D eigenvalue weighted by Gasteiger charge is 2.30. The number of rotatable bonds is 5. The summed E-state index contributed by atoms with van der Waals surface area (Å²) in [5, 5.41) is 3.88. The Balaban J connectivity index is 1.24. The van der Waals surface area contributed by atoms with Gasteiger partial charge in [0.25, 0.3) is 0 Å². The van der Waals surface area contributed by atoms with E-state index in [1.807, 2.05) is 30.3 Å². The molecule has 0 unspecified atom stereocenters. The molecule has 6 nitrogen and oxygen atoms in total. The van der Waals surface area contributed by atoms with Crippen LogP contribution in [-0.4, -0.2) is 59.6 Å². The molecular formula is C23H23F2N3O3. The standard InChI is InChI=1S/C23H23F2N3O3/c24-17-6-7-19(20(25)13-17)21-14-18(31-26-21)15-23(30)28-10-8-27(9-11-28)22(29)12-16-4-2-1-3-5-16/h1-7,13,18H,8-12,14-15H2/t18-/m1/s1. The molecule has 1 saturated heterocycles. The van der Waals surface area contributed by atoms with E-state index in [0.717, 1.165) is 17.7 Å². The average Bonchev–Trinajstić information content (AvgIpc) is 3.22. The smallest absolute Gasteiger partial charge is 0.227 e. The van der Waals surface area contributed by atoms with Gasteiger partial charge in [0.05, 0.1) is 18.6 Å². The Morgan fingerprint density at radius 1 is 0.968 bits per heavy atom. The van der Waals surface area contributed by atoms with Gasteiger partial charge in [-0.3, -0.25) is 9.59 Å². The number of oxime groups is 1. The van der Waals surface area contributed by atoms with Gasteiger partial charge in [-0.05, 0) is 17.7 Å². The number of piperazine rings is 1. The number of hydrogen-bond acceptors (Lipinski definition) is 4. The summed E-state index contributed by atoms with van der Waals surface area (Å²) in [5.74, 6) is -1.40. The molecule has 8 heteroatoms. The highest BCUT2D eigenvalue weighted by molar-refractivity contribution is 6.01. The lowest BCUT2D eigenvalue weighted by molar-refractivity contribution is -0.140. The van der Waals surface area contributed by atoms with Gasteiger partial charge in [0.2, 0.25) is 11.8 Å². The monoisotopic (exact) mass is 427 g/mol. The van der Waals surface area contributed by atoms with Gasteiger partial charge in [-0.2, -0.15) is 0 Å². The summed E-state index contributed by atoms with van der Waals surface area (Å²) in [6.45, 7) is 1.91. The van der Waals surface area contributed by atoms with Crippen LogP contribution < -0.4 is 0 Å². The van der Waals surface area contributed by atoms with E-state index in [1.54, 1.807) is 9.80 Å². The number of amides is 2. The SMILES string of the molecule is O=C(Cc1ccccc1)N1CCN(C(=O)C[C@H]2CC(c3ccc(F)cc3F)=NO2)CC1. The minimum absolute atomic E-state index is 0.0526. The minimum Gasteiger partial charge on any atom is -0.391 e. The van der Waals surface area contributed by atoms with Crippen molar-refractivity contribution in [3.8, 4) is 0 Å². The van der Waals surface area contributed by atoms with Crippen molar-refractivity contribution in [1.29, 1.82) is 0 Å². The van der Waals surface area contributed by atoms with E-state index in [1.165, 1.54) is 6.07 Å². The molecule has 2 aliphatic heterocycles. The number of carbonyl (C=O) groups is 2. The maximum absolute atomic E-state index is 13.9. The second kappa shape index (κ2) is 9.24. The lowest BCUT2D eigenvalue weighted by Gasteiger charge is -2.35. The van der Waals surface area contributed by atoms with E-state index in [2.05, 4.69) is 5.16 Å². The molecule has 1 atom stereocenters. The van der Waals surface area contributed by atoms with Gasteiger partial charge in [-0.25, -0.2) is 8.78 Å². The quantitative estimate of drug-likeness (QED) is 0.737. The van der Waals surface area contributed by atoms with Crippen LogP contribution in [0.1, 0.15) is 24.0 Å². The Bertz CT molecular complexity index is 989. The Labute approximate surface area is 179 Å². The number of halogens is 2. The molecule has 2 aliphatic rings. The van der Waals surface area contributed by atoms with Crippen LogP contribution in [0.3, 0.4) is 0 Å². The molecule has 2 aromatic rings. The summed E-state index contributed by atoms with van der Waals surface area (Å²) in [7, 11) is 0. The zero-order valence-electron chi connectivity index (χ0n) is 17.0. The molecule has 31 heavy (non-hydrogen) atoms. The zero-order valence-corrected chi connectivity index (χ0v) is 17.0. The van der Waals surface area contributed by atoms with Gasteiger partial charge < -0.3 is 14.6 Å². The third-order valence-corrected chi connectivity index (χ3v) is 5.56. The highest BCUT2D eigenvalue weighted by atomic mass is 19.1. The average molecular weight is 427 g/mol. The van der Waals surface area contributed by atoms with Crippen LogP contribution in [0.15, 0.2) is 53.7 Å². The summed E-state index contributed by atoms with van der Waals surface area (Å²) in [5.41, 5.74) is 1.52. The Kier molecular flexibility index (Phi) is 6.25. The molecular weight excluding hydrogens is 404 g/mol. The molecule has 0 radical (unpaired) electrons. The van der Waals surface area contributed by atoms with Crippen molar-refractivity contribution in [3.63, 3.8) is 0 Å². The Morgan fingerprint density at radius 2 is 1.65 bits per heavy atom. The number of benzene rings is 2. The highest BCUT2D eigenvalue weighted by Crippen LogP contribution is 2.22. The minimum atomic E-state index is -0.703. The van der Waals surface area contributed by atoms with Crippen molar-refractivity contribution in [2.75, 3.05) is 26.2 Å². The Morgan fingerprint density at radius 3 is 2.32 bits per heavy atom. The van der Waals surface area contributed by atoms with Crippen molar-refractivity contribution >= 4 is 17.5 Å². The normalized spacial score (nSPS) is 18.5. The van der Waals surface area contributed by atoms with Gasteiger partial charge in [-0.15, -0.1) is 0 Å². The second-order valence-corrected chi connectivity index (χ2v) is 7.72. The van der Waals surface area contributed by atoms with Gasteiger partial charge in [0.1, 0.15) is 17.7 Å². The van der Waals surface area contributed by atoms with Crippen LogP contribution in [0.5, 0.6) is 0 Å². The summed E-state index contributed by atoms with van der Waals surface area (Å²) >= 11 is 0. The zero-order chi connectivity index (χ0) is 21.8. The molecule has 162 valence electrons. The van der Waals surface area contributed by atoms with Crippen molar-refractivity contribution in [3.05, 3.63) is 71.3 Å². The van der Waals surface area contributed by atoms with Gasteiger partial charge in [0.15, 0.2) is 0 Å². The fraction of sp³-hybridized carbons (Fsp3) is 0.348. The van der Waals surface area contributed by atoms with E-state index >= 15 is 0 Å². The molecule has 0 spiro atoms. The molecule has 0 N–H and O–H groups in total. The summed E-state index contributed by atoms with van der Waals surface area (Å²) in [6.07, 6.45) is 0.271. The predicted octanol–water partition coefficient (Wildman–Crippen LogP) is 2.76. The maximum Gasteiger partial charge on any atom is 0.227 e. The number of carbonyl (C=O) groups excluding carboxylic acids is 2. The molecule has 4 rings (SSSR count). The third-order valence-electron chi connectivity index (χ3n) is 5.56.